The molecule has 0 spiro atoms. The summed E-state index contributed by atoms with van der Waals surface area (Å²) in [6, 6.07) is 23.9. The molecule has 4 nitrogen and oxygen atoms in total. The Balaban J connectivity index is 0.00000192. The number of hydrogen-bond acceptors (Lipinski definition) is 2. The van der Waals surface area contributed by atoms with E-state index >= 15 is 0 Å². The highest BCUT2D eigenvalue weighted by molar-refractivity contribution is 5.88. The third-order valence-electron chi connectivity index (χ3n) is 5.16. The highest BCUT2D eigenvalue weighted by atomic mass is 127. The molecule has 2 aromatic carbocycles. The topological polar surface area (TPSA) is 29.8 Å². The average molecular weight is 483 g/mol. The fraction of sp³-hybridized carbons (Fsp3) is 0.174. The van der Waals surface area contributed by atoms with Gasteiger partial charge < -0.3 is 34.0 Å². The van der Waals surface area contributed by atoms with Crippen LogP contribution in [-0.2, 0) is 4.74 Å². The molecule has 5 heteroatoms. The van der Waals surface area contributed by atoms with Gasteiger partial charge in [0.25, 0.3) is 5.65 Å². The smallest absolute Gasteiger partial charge is 0.292 e. The van der Waals surface area contributed by atoms with Gasteiger partial charge in [-0.3, -0.25) is 0 Å². The molecular weight excluding hydrogens is 461 g/mol. The molecule has 0 saturated carbocycles. The standard InChI is InChI=1S/C23H22N3O.HI/c1-27-14-4-13-24-19-9-11-22-18(15-19)7-10-20-16-25-21-6-3-2-5-17(21)8-12-23(25)26(20)22;/h2-3,5-12,15-16,24H,4,13-14H2,1H3;1H/q+1;/p-1. The molecule has 0 aliphatic carbocycles. The largest absolute Gasteiger partial charge is 1.00 e. The molecule has 5 aromatic rings. The molecule has 0 bridgehead atoms. The van der Waals surface area contributed by atoms with E-state index in [9.17, 15) is 0 Å². The summed E-state index contributed by atoms with van der Waals surface area (Å²) >= 11 is 0. The number of imidazole rings is 1. The van der Waals surface area contributed by atoms with Gasteiger partial charge in [-0.25, -0.2) is 0 Å². The number of methoxy groups -OCH3 is 1. The Kier molecular flexibility index (Phi) is 5.37. The number of aromatic nitrogens is 2. The minimum atomic E-state index is 0. The first-order valence-corrected chi connectivity index (χ1v) is 9.35. The van der Waals surface area contributed by atoms with E-state index in [0.29, 0.717) is 0 Å². The Hall–Kier alpha value is -2.38. The Morgan fingerprint density at radius 3 is 2.71 bits per heavy atom. The van der Waals surface area contributed by atoms with Crippen LogP contribution in [0.1, 0.15) is 6.42 Å². The third kappa shape index (κ3) is 3.18. The number of nitrogens with one attached hydrogen (secondary N) is 1. The quantitative estimate of drug-likeness (QED) is 0.233. The van der Waals surface area contributed by atoms with Gasteiger partial charge in [0, 0.05) is 42.8 Å². The molecule has 3 aromatic heterocycles. The van der Waals surface area contributed by atoms with Crippen LogP contribution in [0.2, 0.25) is 0 Å². The normalized spacial score (nSPS) is 11.3. The van der Waals surface area contributed by atoms with E-state index in [0.717, 1.165) is 25.3 Å². The number of ether oxygens (including phenoxy) is 1. The lowest BCUT2D eigenvalue weighted by Gasteiger charge is -2.07. The summed E-state index contributed by atoms with van der Waals surface area (Å²) in [5, 5.41) is 5.96. The van der Waals surface area contributed by atoms with Gasteiger partial charge in [0.2, 0.25) is 0 Å². The number of benzene rings is 2. The summed E-state index contributed by atoms with van der Waals surface area (Å²) in [5.74, 6) is 0. The van der Waals surface area contributed by atoms with E-state index < -0.39 is 0 Å². The van der Waals surface area contributed by atoms with Crippen molar-refractivity contribution in [3.05, 3.63) is 72.9 Å². The Bertz CT molecular complexity index is 1280. The highest BCUT2D eigenvalue weighted by Crippen LogP contribution is 2.23. The van der Waals surface area contributed by atoms with Gasteiger partial charge in [-0.05, 0) is 48.9 Å². The van der Waals surface area contributed by atoms with Crippen molar-refractivity contribution >= 4 is 38.7 Å². The fourth-order valence-corrected chi connectivity index (χ4v) is 3.86. The van der Waals surface area contributed by atoms with Gasteiger partial charge in [0.05, 0.1) is 0 Å². The summed E-state index contributed by atoms with van der Waals surface area (Å²) in [7, 11) is 1.74. The first-order valence-electron chi connectivity index (χ1n) is 9.35. The monoisotopic (exact) mass is 483 g/mol. The highest BCUT2D eigenvalue weighted by Gasteiger charge is 2.16. The van der Waals surface area contributed by atoms with E-state index in [4.69, 9.17) is 4.74 Å². The van der Waals surface area contributed by atoms with Crippen LogP contribution in [-0.4, -0.2) is 24.7 Å². The second kappa shape index (κ2) is 7.93. The predicted octanol–water partition coefficient (Wildman–Crippen LogP) is 1.44. The molecule has 0 radical (unpaired) electrons. The van der Waals surface area contributed by atoms with Crippen LogP contribution in [0.3, 0.4) is 0 Å². The molecule has 1 N–H and O–H groups in total. The third-order valence-corrected chi connectivity index (χ3v) is 5.16. The van der Waals surface area contributed by atoms with Gasteiger partial charge in [-0.2, -0.15) is 8.80 Å². The molecular formula is C23H22IN3O. The van der Waals surface area contributed by atoms with Crippen LogP contribution in [0, 0.1) is 0 Å². The SMILES string of the molecule is COCCCNc1ccc2c(ccc3c[n+]4c5ccccc5ccc4n32)c1.[I-]. The van der Waals surface area contributed by atoms with Crippen LogP contribution in [0.5, 0.6) is 0 Å². The number of para-hydroxylation sites is 1. The van der Waals surface area contributed by atoms with Crippen molar-refractivity contribution in [3.63, 3.8) is 0 Å². The van der Waals surface area contributed by atoms with Gasteiger partial charge in [0.1, 0.15) is 17.2 Å². The van der Waals surface area contributed by atoms with Crippen LogP contribution < -0.4 is 33.7 Å². The lowest BCUT2D eigenvalue weighted by Crippen LogP contribution is -3.00. The fourth-order valence-electron chi connectivity index (χ4n) is 3.86. The van der Waals surface area contributed by atoms with Crippen molar-refractivity contribution in [1.82, 2.24) is 4.40 Å². The average Bonchev–Trinajstić information content (AvgIpc) is 3.10. The van der Waals surface area contributed by atoms with Crippen molar-refractivity contribution < 1.29 is 33.1 Å². The zero-order chi connectivity index (χ0) is 18.2. The van der Waals surface area contributed by atoms with Crippen molar-refractivity contribution in [1.29, 1.82) is 0 Å². The first kappa shape index (κ1) is 19.0. The Morgan fingerprint density at radius 1 is 0.964 bits per heavy atom. The number of fused-ring (bicyclic) bond motifs is 7. The molecule has 0 saturated heterocycles. The summed E-state index contributed by atoms with van der Waals surface area (Å²) < 4.78 is 9.72. The lowest BCUT2D eigenvalue weighted by atomic mass is 10.2. The van der Waals surface area contributed by atoms with Crippen molar-refractivity contribution in [2.24, 2.45) is 0 Å². The van der Waals surface area contributed by atoms with E-state index in [2.05, 4.69) is 87.0 Å². The minimum Gasteiger partial charge on any atom is -1.00 e. The van der Waals surface area contributed by atoms with E-state index in [1.165, 1.54) is 33.0 Å². The molecule has 5 rings (SSSR count). The van der Waals surface area contributed by atoms with Crippen LogP contribution in [0.15, 0.2) is 72.9 Å². The molecule has 0 atom stereocenters. The molecule has 0 unspecified atom stereocenters. The molecule has 3 heterocycles. The van der Waals surface area contributed by atoms with Gasteiger partial charge >= 0.3 is 0 Å². The van der Waals surface area contributed by atoms with E-state index in [1.54, 1.807) is 7.11 Å². The number of halogens is 1. The van der Waals surface area contributed by atoms with Gasteiger partial charge in [-0.1, -0.05) is 18.2 Å². The van der Waals surface area contributed by atoms with Crippen LogP contribution in [0.25, 0.3) is 33.0 Å². The van der Waals surface area contributed by atoms with Crippen molar-refractivity contribution in [2.75, 3.05) is 25.6 Å². The van der Waals surface area contributed by atoms with Crippen molar-refractivity contribution in [2.45, 2.75) is 6.42 Å². The van der Waals surface area contributed by atoms with Crippen LogP contribution >= 0.6 is 0 Å². The maximum Gasteiger partial charge on any atom is 0.292 e. The molecule has 0 aliphatic heterocycles. The lowest BCUT2D eigenvalue weighted by molar-refractivity contribution is -0.479. The van der Waals surface area contributed by atoms with E-state index in [-0.39, 0.29) is 24.0 Å². The number of rotatable bonds is 5. The summed E-state index contributed by atoms with van der Waals surface area (Å²) in [6.45, 7) is 1.69. The Labute approximate surface area is 180 Å². The second-order valence-corrected chi connectivity index (χ2v) is 6.89. The molecule has 142 valence electrons. The second-order valence-electron chi connectivity index (χ2n) is 6.89. The van der Waals surface area contributed by atoms with Gasteiger partial charge in [0.15, 0.2) is 5.52 Å². The maximum atomic E-state index is 5.12. The number of anilines is 1. The van der Waals surface area contributed by atoms with Gasteiger partial charge in [-0.15, -0.1) is 0 Å². The molecule has 28 heavy (non-hydrogen) atoms. The Morgan fingerprint density at radius 2 is 1.82 bits per heavy atom. The number of pyridine rings is 2. The molecule has 0 fully saturated rings. The zero-order valence-corrected chi connectivity index (χ0v) is 17.9. The maximum absolute atomic E-state index is 5.12. The van der Waals surface area contributed by atoms with Crippen LogP contribution in [0.4, 0.5) is 5.69 Å². The summed E-state index contributed by atoms with van der Waals surface area (Å²) in [4.78, 5) is 0. The number of nitrogens with zero attached hydrogens (tertiary/aromatic N) is 2. The minimum absolute atomic E-state index is 0. The number of hydrogen-bond donors (Lipinski definition) is 1. The molecule has 0 aliphatic rings. The first-order chi connectivity index (χ1) is 13.3. The van der Waals surface area contributed by atoms with E-state index in [1.807, 2.05) is 0 Å². The summed E-state index contributed by atoms with van der Waals surface area (Å²) in [6.07, 6.45) is 3.22. The predicted molar refractivity (Wildman–Crippen MR) is 111 cm³/mol. The zero-order valence-electron chi connectivity index (χ0n) is 15.7. The molecule has 0 amide bonds. The van der Waals surface area contributed by atoms with Crippen molar-refractivity contribution in [3.8, 4) is 0 Å². The summed E-state index contributed by atoms with van der Waals surface area (Å²) in [5.41, 5.74) is 5.96.